The van der Waals surface area contributed by atoms with Crippen molar-refractivity contribution in [3.63, 3.8) is 0 Å². The van der Waals surface area contributed by atoms with Gasteiger partial charge in [-0.1, -0.05) is 54.6 Å². The molecule has 6 nitrogen and oxygen atoms in total. The van der Waals surface area contributed by atoms with Crippen molar-refractivity contribution < 1.29 is 27.6 Å². The molecule has 0 radical (unpaired) electrons. The van der Waals surface area contributed by atoms with Crippen LogP contribution in [0.15, 0.2) is 150 Å². The lowest BCUT2D eigenvalue weighted by atomic mass is 9.90. The van der Waals surface area contributed by atoms with Crippen LogP contribution in [0.4, 0.5) is 8.63 Å². The molecule has 2 heterocycles. The van der Waals surface area contributed by atoms with Crippen LogP contribution in [-0.4, -0.2) is 46.0 Å². The summed E-state index contributed by atoms with van der Waals surface area (Å²) in [5.41, 5.74) is 7.65. The van der Waals surface area contributed by atoms with Crippen LogP contribution in [0.5, 0.6) is 23.0 Å². The van der Waals surface area contributed by atoms with Crippen LogP contribution in [0.3, 0.4) is 0 Å². The molecule has 0 N–H and O–H groups in total. The SMILES string of the molecule is COc1ccc(C2=CC(c3ccc(OC)cc3)=N/C2=C(/c2ccccc2)c2c(-c3ccc(OC)cc3)cc(-c3ccc(OC)cc3)n2B(F)F)cc1. The van der Waals surface area contributed by atoms with Gasteiger partial charge in [0.05, 0.1) is 45.5 Å². The molecular formula is C43H35BF2N2O4. The minimum absolute atomic E-state index is 0.325. The molecule has 1 aromatic heterocycles. The van der Waals surface area contributed by atoms with E-state index in [-0.39, 0.29) is 0 Å². The Kier molecular flexibility index (Phi) is 9.76. The summed E-state index contributed by atoms with van der Waals surface area (Å²) < 4.78 is 54.6. The van der Waals surface area contributed by atoms with E-state index in [9.17, 15) is 0 Å². The molecule has 0 unspecified atom stereocenters. The minimum atomic E-state index is -2.90. The van der Waals surface area contributed by atoms with Crippen molar-refractivity contribution in [1.82, 2.24) is 4.48 Å². The van der Waals surface area contributed by atoms with Crippen LogP contribution in [-0.2, 0) is 0 Å². The Hall–Kier alpha value is -6.35. The highest BCUT2D eigenvalue weighted by Crippen LogP contribution is 2.46. The third kappa shape index (κ3) is 6.61. The molecule has 6 aromatic rings. The first-order valence-corrected chi connectivity index (χ1v) is 16.6. The number of nitrogens with zero attached hydrogens (tertiary/aromatic N) is 2. The average Bonchev–Trinajstić information content (AvgIpc) is 3.82. The maximum Gasteiger partial charge on any atom is 0.678 e. The Morgan fingerprint density at radius 3 is 1.50 bits per heavy atom. The molecular weight excluding hydrogens is 657 g/mol. The van der Waals surface area contributed by atoms with Crippen molar-refractivity contribution in [2.24, 2.45) is 4.99 Å². The fourth-order valence-electron chi connectivity index (χ4n) is 6.46. The van der Waals surface area contributed by atoms with E-state index in [1.807, 2.05) is 115 Å². The van der Waals surface area contributed by atoms with E-state index in [1.54, 1.807) is 52.7 Å². The third-order valence-corrected chi connectivity index (χ3v) is 9.11. The van der Waals surface area contributed by atoms with Crippen molar-refractivity contribution >= 4 is 24.3 Å². The van der Waals surface area contributed by atoms with Gasteiger partial charge in [0.1, 0.15) is 23.0 Å². The molecule has 0 bridgehead atoms. The molecule has 1 aliphatic rings. The number of methoxy groups -OCH3 is 4. The molecule has 5 aromatic carbocycles. The maximum absolute atomic E-state index is 15.9. The minimum Gasteiger partial charge on any atom is -0.497 e. The first-order valence-electron chi connectivity index (χ1n) is 16.6. The van der Waals surface area contributed by atoms with E-state index in [4.69, 9.17) is 23.9 Å². The topological polar surface area (TPSA) is 54.2 Å². The van der Waals surface area contributed by atoms with Gasteiger partial charge in [0, 0.05) is 28.0 Å². The zero-order valence-corrected chi connectivity index (χ0v) is 29.1. The summed E-state index contributed by atoms with van der Waals surface area (Å²) in [6.45, 7) is 0. The largest absolute Gasteiger partial charge is 0.678 e. The Bertz CT molecular complexity index is 2280. The molecule has 0 fully saturated rings. The second kappa shape index (κ2) is 14.9. The van der Waals surface area contributed by atoms with E-state index in [0.717, 1.165) is 32.3 Å². The normalized spacial score (nSPS) is 13.3. The molecule has 0 atom stereocenters. The molecule has 0 saturated heterocycles. The highest BCUT2D eigenvalue weighted by atomic mass is 19.2. The van der Waals surface area contributed by atoms with Crippen LogP contribution >= 0.6 is 0 Å². The predicted octanol–water partition coefficient (Wildman–Crippen LogP) is 9.97. The van der Waals surface area contributed by atoms with Crippen molar-refractivity contribution in [3.8, 4) is 45.4 Å². The van der Waals surface area contributed by atoms with Crippen molar-refractivity contribution in [2.45, 2.75) is 0 Å². The number of ether oxygens (including phenoxy) is 4. The fourth-order valence-corrected chi connectivity index (χ4v) is 6.46. The van der Waals surface area contributed by atoms with Gasteiger partial charge < -0.3 is 23.4 Å². The second-order valence-electron chi connectivity index (χ2n) is 12.0. The van der Waals surface area contributed by atoms with Crippen LogP contribution in [0.2, 0.25) is 0 Å². The van der Waals surface area contributed by atoms with Crippen LogP contribution < -0.4 is 18.9 Å². The highest BCUT2D eigenvalue weighted by molar-refractivity contribution is 6.42. The average molecular weight is 693 g/mol. The first kappa shape index (κ1) is 34.1. The van der Waals surface area contributed by atoms with Gasteiger partial charge in [0.2, 0.25) is 0 Å². The van der Waals surface area contributed by atoms with Gasteiger partial charge in [-0.25, -0.2) is 4.99 Å². The smallest absolute Gasteiger partial charge is 0.497 e. The summed E-state index contributed by atoms with van der Waals surface area (Å²) in [4.78, 5) is 5.27. The van der Waals surface area contributed by atoms with Gasteiger partial charge in [0.15, 0.2) is 0 Å². The second-order valence-corrected chi connectivity index (χ2v) is 12.0. The summed E-state index contributed by atoms with van der Waals surface area (Å²) in [5, 5.41) is 0. The number of aromatic nitrogens is 1. The van der Waals surface area contributed by atoms with Crippen LogP contribution in [0.1, 0.15) is 22.4 Å². The lowest BCUT2D eigenvalue weighted by molar-refractivity contribution is 0.414. The maximum atomic E-state index is 15.9. The highest BCUT2D eigenvalue weighted by Gasteiger charge is 2.33. The van der Waals surface area contributed by atoms with E-state index in [1.165, 1.54) is 0 Å². The lowest BCUT2D eigenvalue weighted by Gasteiger charge is -2.19. The van der Waals surface area contributed by atoms with Gasteiger partial charge >= 0.3 is 7.40 Å². The first-order chi connectivity index (χ1) is 25.4. The molecule has 258 valence electrons. The molecule has 9 heteroatoms. The summed E-state index contributed by atoms with van der Waals surface area (Å²) in [7, 11) is 3.51. The standard InChI is InChI=1S/C43H35BF2N2O4/c1-49-33-18-10-28(11-19-33)37-26-39(30-14-22-35(51-3)23-15-30)47-42(37)41(32-8-6-5-7-9-32)43-38(29-12-20-34(50-2)21-13-29)27-40(48(43)44(45)46)31-16-24-36(52-4)25-17-31/h5-27H,1-4H3/b42-41-. The molecule has 0 aliphatic carbocycles. The molecule has 1 aliphatic heterocycles. The number of hydrogen-bond acceptors (Lipinski definition) is 5. The molecule has 0 amide bonds. The Morgan fingerprint density at radius 2 is 1.02 bits per heavy atom. The summed E-state index contributed by atoms with van der Waals surface area (Å²) in [5.74, 6) is 2.70. The number of hydrogen-bond donors (Lipinski definition) is 0. The van der Waals surface area contributed by atoms with Gasteiger partial charge in [-0.3, -0.25) is 8.63 Å². The quantitative estimate of drug-likeness (QED) is 0.127. The van der Waals surface area contributed by atoms with Crippen LogP contribution in [0, 0.1) is 0 Å². The molecule has 0 saturated carbocycles. The Balaban J connectivity index is 1.59. The van der Waals surface area contributed by atoms with E-state index in [2.05, 4.69) is 0 Å². The molecule has 7 rings (SSSR count). The predicted molar refractivity (Wildman–Crippen MR) is 205 cm³/mol. The zero-order chi connectivity index (χ0) is 36.2. The van der Waals surface area contributed by atoms with Crippen molar-refractivity contribution in [2.75, 3.05) is 28.4 Å². The fraction of sp³-hybridized carbons (Fsp3) is 0.0930. The third-order valence-electron chi connectivity index (χ3n) is 9.11. The summed E-state index contributed by atoms with van der Waals surface area (Å²) >= 11 is 0. The lowest BCUT2D eigenvalue weighted by Crippen LogP contribution is -2.18. The number of rotatable bonds is 11. The van der Waals surface area contributed by atoms with Gasteiger partial charge in [-0.05, 0) is 107 Å². The van der Waals surface area contributed by atoms with Gasteiger partial charge in [-0.15, -0.1) is 0 Å². The van der Waals surface area contributed by atoms with Crippen molar-refractivity contribution in [3.05, 3.63) is 168 Å². The molecule has 0 spiro atoms. The van der Waals surface area contributed by atoms with E-state index < -0.39 is 7.40 Å². The van der Waals surface area contributed by atoms with Crippen molar-refractivity contribution in [1.29, 1.82) is 0 Å². The molecule has 52 heavy (non-hydrogen) atoms. The number of allylic oxidation sites excluding steroid dienone is 2. The summed E-state index contributed by atoms with van der Waals surface area (Å²) in [6.07, 6.45) is 2.01. The van der Waals surface area contributed by atoms with Gasteiger partial charge in [0.25, 0.3) is 0 Å². The Morgan fingerprint density at radius 1 is 0.558 bits per heavy atom. The van der Waals surface area contributed by atoms with E-state index in [0.29, 0.717) is 62.5 Å². The monoisotopic (exact) mass is 692 g/mol. The number of aliphatic imine (C=N–C) groups is 1. The van der Waals surface area contributed by atoms with Gasteiger partial charge in [-0.2, -0.15) is 0 Å². The zero-order valence-electron chi connectivity index (χ0n) is 29.1. The number of halogens is 2. The number of benzene rings is 5. The van der Waals surface area contributed by atoms with E-state index >= 15 is 8.63 Å². The Labute approximate surface area is 302 Å². The summed E-state index contributed by atoms with van der Waals surface area (Å²) in [6, 6.07) is 41.3. The van der Waals surface area contributed by atoms with Crippen LogP contribution in [0.25, 0.3) is 33.5 Å².